The summed E-state index contributed by atoms with van der Waals surface area (Å²) in [7, 11) is 1.80. The number of rotatable bonds is 1. The molecule has 0 spiro atoms. The minimum atomic E-state index is -0.405. The number of hydrogen-bond acceptors (Lipinski definition) is 3. The predicted molar refractivity (Wildman–Crippen MR) is 62.5 cm³/mol. The molecule has 1 saturated heterocycles. The van der Waals surface area contributed by atoms with E-state index in [4.69, 9.17) is 4.74 Å². The summed E-state index contributed by atoms with van der Waals surface area (Å²) in [5.74, 6) is 0. The van der Waals surface area contributed by atoms with Gasteiger partial charge in [-0.15, -0.1) is 12.4 Å². The maximum Gasteiger partial charge on any atom is 0.410 e. The molecule has 4 nitrogen and oxygen atoms in total. The van der Waals surface area contributed by atoms with E-state index in [2.05, 4.69) is 5.32 Å². The van der Waals surface area contributed by atoms with Crippen molar-refractivity contribution in [1.29, 1.82) is 0 Å². The second-order valence-corrected chi connectivity index (χ2v) is 4.74. The van der Waals surface area contributed by atoms with Gasteiger partial charge in [-0.25, -0.2) is 4.79 Å². The Morgan fingerprint density at radius 2 is 2.07 bits per heavy atom. The van der Waals surface area contributed by atoms with E-state index >= 15 is 0 Å². The molecule has 0 radical (unpaired) electrons. The van der Waals surface area contributed by atoms with E-state index in [1.807, 2.05) is 20.8 Å². The number of nitrogens with one attached hydrogen (secondary N) is 1. The van der Waals surface area contributed by atoms with Crippen molar-refractivity contribution in [1.82, 2.24) is 10.2 Å². The smallest absolute Gasteiger partial charge is 0.410 e. The highest BCUT2D eigenvalue weighted by Gasteiger charge is 2.26. The van der Waals surface area contributed by atoms with E-state index in [0.29, 0.717) is 0 Å². The van der Waals surface area contributed by atoms with Gasteiger partial charge >= 0.3 is 6.09 Å². The van der Waals surface area contributed by atoms with Gasteiger partial charge in [-0.3, -0.25) is 0 Å². The van der Waals surface area contributed by atoms with E-state index < -0.39 is 5.60 Å². The average Bonchev–Trinajstić information content (AvgIpc) is 2.51. The van der Waals surface area contributed by atoms with Crippen LogP contribution in [0, 0.1) is 0 Å². The predicted octanol–water partition coefficient (Wildman–Crippen LogP) is 1.64. The van der Waals surface area contributed by atoms with Gasteiger partial charge in [0.05, 0.1) is 0 Å². The molecule has 1 heterocycles. The number of hydrogen-bond donors (Lipinski definition) is 1. The lowest BCUT2D eigenvalue weighted by molar-refractivity contribution is 0.0236. The molecule has 0 aromatic rings. The Labute approximate surface area is 97.8 Å². The fourth-order valence-corrected chi connectivity index (χ4v) is 1.45. The van der Waals surface area contributed by atoms with Crippen LogP contribution in [0.1, 0.15) is 27.2 Å². The third-order valence-corrected chi connectivity index (χ3v) is 2.26. The highest BCUT2D eigenvalue weighted by Crippen LogP contribution is 2.13. The van der Waals surface area contributed by atoms with Crippen LogP contribution in [0.2, 0.25) is 0 Å². The average molecular weight is 237 g/mol. The monoisotopic (exact) mass is 236 g/mol. The molecule has 5 heteroatoms. The number of nitrogens with zero attached hydrogens (tertiary/aromatic N) is 1. The Kier molecular flexibility index (Phi) is 5.38. The summed E-state index contributed by atoms with van der Waals surface area (Å²) >= 11 is 0. The first-order valence-electron chi connectivity index (χ1n) is 5.06. The minimum absolute atomic E-state index is 0. The van der Waals surface area contributed by atoms with Crippen LogP contribution >= 0.6 is 12.4 Å². The molecule has 1 unspecified atom stereocenters. The normalized spacial score (nSPS) is 20.7. The molecule has 1 amide bonds. The third kappa shape index (κ3) is 4.71. The maximum absolute atomic E-state index is 11.6. The SMILES string of the molecule is CN(C(=O)OC(C)(C)C)C1CCNC1.Cl. The molecule has 15 heavy (non-hydrogen) atoms. The molecule has 1 atom stereocenters. The third-order valence-electron chi connectivity index (χ3n) is 2.26. The zero-order chi connectivity index (χ0) is 10.8. The Bertz CT molecular complexity index is 210. The summed E-state index contributed by atoms with van der Waals surface area (Å²) in [6.45, 7) is 7.50. The molecule has 1 rings (SSSR count). The molecule has 0 aromatic carbocycles. The molecular weight excluding hydrogens is 216 g/mol. The van der Waals surface area contributed by atoms with Crippen LogP contribution in [-0.4, -0.2) is 42.8 Å². The second-order valence-electron chi connectivity index (χ2n) is 4.74. The van der Waals surface area contributed by atoms with Gasteiger partial charge in [0, 0.05) is 19.6 Å². The van der Waals surface area contributed by atoms with Crippen molar-refractivity contribution >= 4 is 18.5 Å². The van der Waals surface area contributed by atoms with E-state index in [9.17, 15) is 4.79 Å². The van der Waals surface area contributed by atoms with Gasteiger partial charge in [0.1, 0.15) is 5.60 Å². The highest BCUT2D eigenvalue weighted by atomic mass is 35.5. The molecule has 1 fully saturated rings. The van der Waals surface area contributed by atoms with Crippen LogP contribution in [0.25, 0.3) is 0 Å². The van der Waals surface area contributed by atoms with Crippen molar-refractivity contribution in [3.63, 3.8) is 0 Å². The molecule has 0 saturated carbocycles. The lowest BCUT2D eigenvalue weighted by Crippen LogP contribution is -2.41. The van der Waals surface area contributed by atoms with Crippen LogP contribution in [-0.2, 0) is 4.74 Å². The van der Waals surface area contributed by atoms with Crippen LogP contribution in [0.15, 0.2) is 0 Å². The summed E-state index contributed by atoms with van der Waals surface area (Å²) in [6.07, 6.45) is 0.779. The zero-order valence-electron chi connectivity index (χ0n) is 9.87. The molecule has 0 aromatic heterocycles. The van der Waals surface area contributed by atoms with E-state index in [-0.39, 0.29) is 24.5 Å². The summed E-state index contributed by atoms with van der Waals surface area (Å²) in [5.41, 5.74) is -0.405. The maximum atomic E-state index is 11.6. The largest absolute Gasteiger partial charge is 0.444 e. The van der Waals surface area contributed by atoms with Gasteiger partial charge in [-0.1, -0.05) is 0 Å². The minimum Gasteiger partial charge on any atom is -0.444 e. The Morgan fingerprint density at radius 3 is 2.47 bits per heavy atom. The first-order valence-corrected chi connectivity index (χ1v) is 5.06. The molecule has 1 aliphatic heterocycles. The van der Waals surface area contributed by atoms with Gasteiger partial charge in [0.2, 0.25) is 0 Å². The van der Waals surface area contributed by atoms with Crippen molar-refractivity contribution in [2.75, 3.05) is 20.1 Å². The lowest BCUT2D eigenvalue weighted by atomic mass is 10.2. The number of carbonyl (C=O) groups is 1. The fourth-order valence-electron chi connectivity index (χ4n) is 1.45. The quantitative estimate of drug-likeness (QED) is 0.753. The van der Waals surface area contributed by atoms with E-state index in [0.717, 1.165) is 19.5 Å². The first kappa shape index (κ1) is 14.5. The summed E-state index contributed by atoms with van der Waals surface area (Å²) in [4.78, 5) is 13.3. The summed E-state index contributed by atoms with van der Waals surface area (Å²) in [6, 6.07) is 0.282. The number of likely N-dealkylation sites (N-methyl/N-ethyl adjacent to an activating group) is 1. The summed E-state index contributed by atoms with van der Waals surface area (Å²) < 4.78 is 5.27. The summed E-state index contributed by atoms with van der Waals surface area (Å²) in [5, 5.41) is 3.22. The zero-order valence-corrected chi connectivity index (χ0v) is 10.7. The van der Waals surface area contributed by atoms with Gasteiger partial charge in [-0.2, -0.15) is 0 Å². The van der Waals surface area contributed by atoms with Gasteiger partial charge in [0.25, 0.3) is 0 Å². The molecule has 0 aliphatic carbocycles. The number of carbonyl (C=O) groups excluding carboxylic acids is 1. The Balaban J connectivity index is 0.00000196. The lowest BCUT2D eigenvalue weighted by Gasteiger charge is -2.28. The molecule has 1 N–H and O–H groups in total. The van der Waals surface area contributed by atoms with Crippen LogP contribution in [0.4, 0.5) is 4.79 Å². The van der Waals surface area contributed by atoms with Crippen LogP contribution < -0.4 is 5.32 Å². The van der Waals surface area contributed by atoms with Crippen molar-refractivity contribution in [3.05, 3.63) is 0 Å². The van der Waals surface area contributed by atoms with Crippen molar-refractivity contribution in [3.8, 4) is 0 Å². The topological polar surface area (TPSA) is 41.6 Å². The van der Waals surface area contributed by atoms with Crippen molar-refractivity contribution in [2.45, 2.75) is 38.8 Å². The number of ether oxygens (including phenoxy) is 1. The highest BCUT2D eigenvalue weighted by molar-refractivity contribution is 5.85. The second kappa shape index (κ2) is 5.56. The van der Waals surface area contributed by atoms with E-state index in [1.165, 1.54) is 0 Å². The molecule has 0 bridgehead atoms. The standard InChI is InChI=1S/C10H20N2O2.ClH/c1-10(2,3)14-9(13)12(4)8-5-6-11-7-8;/h8,11H,5-7H2,1-4H3;1H. The van der Waals surface area contributed by atoms with Gasteiger partial charge in [0.15, 0.2) is 0 Å². The van der Waals surface area contributed by atoms with Crippen LogP contribution in [0.5, 0.6) is 0 Å². The number of amides is 1. The van der Waals surface area contributed by atoms with E-state index in [1.54, 1.807) is 11.9 Å². The Hall–Kier alpha value is -0.480. The Morgan fingerprint density at radius 1 is 1.47 bits per heavy atom. The van der Waals surface area contributed by atoms with Gasteiger partial charge in [-0.05, 0) is 33.7 Å². The molecule has 1 aliphatic rings. The van der Waals surface area contributed by atoms with Crippen LogP contribution in [0.3, 0.4) is 0 Å². The van der Waals surface area contributed by atoms with Gasteiger partial charge < -0.3 is 15.0 Å². The molecule has 90 valence electrons. The fraction of sp³-hybridized carbons (Fsp3) is 0.900. The molecular formula is C10H21ClN2O2. The first-order chi connectivity index (χ1) is 6.40. The van der Waals surface area contributed by atoms with Crippen molar-refractivity contribution < 1.29 is 9.53 Å². The number of halogens is 1. The van der Waals surface area contributed by atoms with Crippen molar-refractivity contribution in [2.24, 2.45) is 0 Å².